The van der Waals surface area contributed by atoms with Gasteiger partial charge in [0.15, 0.2) is 0 Å². The summed E-state index contributed by atoms with van der Waals surface area (Å²) in [4.78, 5) is 6.57. The van der Waals surface area contributed by atoms with Crippen molar-refractivity contribution < 1.29 is 10.2 Å². The summed E-state index contributed by atoms with van der Waals surface area (Å²) in [6.45, 7) is 7.41. The highest BCUT2D eigenvalue weighted by Gasteiger charge is 2.33. The molecule has 3 rings (SSSR count). The molecule has 1 aliphatic heterocycles. The van der Waals surface area contributed by atoms with Crippen molar-refractivity contribution in [2.24, 2.45) is 4.99 Å². The molecule has 0 bridgehead atoms. The lowest BCUT2D eigenvalue weighted by Gasteiger charge is -2.35. The van der Waals surface area contributed by atoms with Gasteiger partial charge in [-0.1, -0.05) is 19.9 Å². The molecule has 0 aromatic heterocycles. The zero-order chi connectivity index (χ0) is 16.4. The Hall–Kier alpha value is -1.51. The molecule has 126 valence electrons. The van der Waals surface area contributed by atoms with Gasteiger partial charge in [-0.2, -0.15) is 5.43 Å². The van der Waals surface area contributed by atoms with E-state index >= 15 is 0 Å². The molecular formula is C16H25N5O2. The molecule has 0 radical (unpaired) electrons. The molecule has 0 amide bonds. The SMILES string of the molecule is CCN(CC)CCN=C1N[NH+]([O-])c2c(ccc3c2CCC3)[NH+]1[O-]. The molecule has 2 unspecified atom stereocenters. The van der Waals surface area contributed by atoms with Gasteiger partial charge in [0.25, 0.3) is 0 Å². The number of quaternary nitrogens is 2. The third-order valence-corrected chi connectivity index (χ3v) is 4.78. The van der Waals surface area contributed by atoms with E-state index in [4.69, 9.17) is 0 Å². The van der Waals surface area contributed by atoms with Gasteiger partial charge in [-0.15, -0.1) is 0 Å². The van der Waals surface area contributed by atoms with Crippen molar-refractivity contribution in [3.8, 4) is 0 Å². The molecule has 1 aliphatic carbocycles. The summed E-state index contributed by atoms with van der Waals surface area (Å²) in [5, 5.41) is 24.7. The first-order valence-electron chi connectivity index (χ1n) is 8.43. The molecule has 7 heteroatoms. The second-order valence-corrected chi connectivity index (χ2v) is 6.02. The molecule has 0 fully saturated rings. The largest absolute Gasteiger partial charge is 0.621 e. The predicted molar refractivity (Wildman–Crippen MR) is 89.7 cm³/mol. The van der Waals surface area contributed by atoms with Crippen LogP contribution in [0.1, 0.15) is 31.4 Å². The van der Waals surface area contributed by atoms with Gasteiger partial charge in [-0.3, -0.25) is 5.06 Å². The topological polar surface area (TPSA) is 82.6 Å². The maximum Gasteiger partial charge on any atom is 0.347 e. The average molecular weight is 319 g/mol. The first-order valence-corrected chi connectivity index (χ1v) is 8.43. The predicted octanol–water partition coefficient (Wildman–Crippen LogP) is -0.580. The molecule has 0 saturated carbocycles. The summed E-state index contributed by atoms with van der Waals surface area (Å²) in [6.07, 6.45) is 2.93. The average Bonchev–Trinajstić information content (AvgIpc) is 3.03. The number of hydrogen-bond donors (Lipinski definition) is 3. The van der Waals surface area contributed by atoms with E-state index in [-0.39, 0.29) is 16.2 Å². The molecule has 3 N–H and O–H groups in total. The van der Waals surface area contributed by atoms with Crippen LogP contribution in [0, 0.1) is 10.4 Å². The van der Waals surface area contributed by atoms with Crippen LogP contribution in [-0.4, -0.2) is 37.0 Å². The van der Waals surface area contributed by atoms with E-state index in [2.05, 4.69) is 29.2 Å². The van der Waals surface area contributed by atoms with E-state index in [1.165, 1.54) is 5.56 Å². The molecule has 23 heavy (non-hydrogen) atoms. The van der Waals surface area contributed by atoms with Crippen LogP contribution in [0.4, 0.5) is 11.4 Å². The van der Waals surface area contributed by atoms with Gasteiger partial charge in [0.05, 0.1) is 6.54 Å². The number of nitrogens with zero attached hydrogens (tertiary/aromatic N) is 2. The summed E-state index contributed by atoms with van der Waals surface area (Å²) in [6, 6.07) is 3.78. The second kappa shape index (κ2) is 6.94. The number of aliphatic imine (C=N–C) groups is 1. The Morgan fingerprint density at radius 3 is 2.74 bits per heavy atom. The molecule has 1 aromatic rings. The van der Waals surface area contributed by atoms with Gasteiger partial charge < -0.3 is 15.3 Å². The number of rotatable bonds is 5. The minimum atomic E-state index is -0.181. The minimum absolute atomic E-state index is 0.158. The number of fused-ring (bicyclic) bond motifs is 3. The van der Waals surface area contributed by atoms with E-state index in [9.17, 15) is 10.4 Å². The van der Waals surface area contributed by atoms with E-state index in [1.54, 1.807) is 6.07 Å². The number of nitrogens with one attached hydrogen (secondary N) is 3. The van der Waals surface area contributed by atoms with Crippen LogP contribution in [-0.2, 0) is 12.8 Å². The summed E-state index contributed by atoms with van der Waals surface area (Å²) in [5.74, 6) is 0.188. The van der Waals surface area contributed by atoms with Gasteiger partial charge in [0.2, 0.25) is 11.4 Å². The van der Waals surface area contributed by atoms with Crippen LogP contribution in [0.25, 0.3) is 0 Å². The van der Waals surface area contributed by atoms with Gasteiger partial charge in [-0.25, -0.2) is 10.2 Å². The normalized spacial score (nSPS) is 24.7. The van der Waals surface area contributed by atoms with Crippen LogP contribution in [0.5, 0.6) is 0 Å². The Balaban J connectivity index is 1.80. The highest BCUT2D eigenvalue weighted by Crippen LogP contribution is 2.31. The number of benzene rings is 1. The van der Waals surface area contributed by atoms with Crippen molar-refractivity contribution in [3.05, 3.63) is 33.7 Å². The molecule has 1 heterocycles. The number of hydrogen-bond acceptors (Lipinski definition) is 4. The van der Waals surface area contributed by atoms with Crippen LogP contribution in [0.3, 0.4) is 0 Å². The Bertz CT molecular complexity index is 600. The standard InChI is InChI=1S/C16H25N5O2/c1-3-19(4-2)11-10-17-16-18-21(23)15-13-7-5-6-12(13)8-9-14(15)20(16)22/h8-9,20-21H,3-7,10-11H2,1-2H3,(H,17,18). The molecule has 0 saturated heterocycles. The number of guanidine groups is 1. The molecule has 1 aromatic carbocycles. The Labute approximate surface area is 136 Å². The smallest absolute Gasteiger partial charge is 0.347 e. The summed E-state index contributed by atoms with van der Waals surface area (Å²) < 4.78 is 0. The van der Waals surface area contributed by atoms with Crippen LogP contribution >= 0.6 is 0 Å². The van der Waals surface area contributed by atoms with Gasteiger partial charge in [-0.05, 0) is 37.9 Å². The Morgan fingerprint density at radius 1 is 1.22 bits per heavy atom. The van der Waals surface area contributed by atoms with Crippen LogP contribution in [0.15, 0.2) is 17.1 Å². The molecule has 2 atom stereocenters. The zero-order valence-electron chi connectivity index (χ0n) is 13.8. The first kappa shape index (κ1) is 16.4. The van der Waals surface area contributed by atoms with Crippen molar-refractivity contribution >= 4 is 17.3 Å². The third kappa shape index (κ3) is 3.11. The van der Waals surface area contributed by atoms with Gasteiger partial charge >= 0.3 is 5.96 Å². The van der Waals surface area contributed by atoms with E-state index in [1.807, 2.05) is 6.07 Å². The fourth-order valence-corrected chi connectivity index (χ4v) is 3.42. The highest BCUT2D eigenvalue weighted by molar-refractivity contribution is 5.77. The molecule has 7 nitrogen and oxygen atoms in total. The molecular weight excluding hydrogens is 294 g/mol. The summed E-state index contributed by atoms with van der Waals surface area (Å²) in [5.41, 5.74) is 6.05. The third-order valence-electron chi connectivity index (χ3n) is 4.78. The molecule has 0 spiro atoms. The lowest BCUT2D eigenvalue weighted by Crippen LogP contribution is -3.24. The maximum absolute atomic E-state index is 12.6. The fourth-order valence-electron chi connectivity index (χ4n) is 3.42. The fraction of sp³-hybridized carbons (Fsp3) is 0.562. The first-order chi connectivity index (χ1) is 11.2. The van der Waals surface area contributed by atoms with Crippen molar-refractivity contribution in [2.75, 3.05) is 26.2 Å². The van der Waals surface area contributed by atoms with Crippen molar-refractivity contribution in [3.63, 3.8) is 0 Å². The lowest BCUT2D eigenvalue weighted by atomic mass is 10.1. The van der Waals surface area contributed by atoms with Crippen molar-refractivity contribution in [2.45, 2.75) is 33.1 Å². The minimum Gasteiger partial charge on any atom is -0.621 e. The van der Waals surface area contributed by atoms with Gasteiger partial charge in [0.1, 0.15) is 0 Å². The van der Waals surface area contributed by atoms with E-state index < -0.39 is 0 Å². The van der Waals surface area contributed by atoms with E-state index in [0.29, 0.717) is 17.9 Å². The number of aryl methyl sites for hydroxylation is 1. The summed E-state index contributed by atoms with van der Waals surface area (Å²) >= 11 is 0. The van der Waals surface area contributed by atoms with Crippen molar-refractivity contribution in [1.29, 1.82) is 0 Å². The maximum atomic E-state index is 12.6. The lowest BCUT2D eigenvalue weighted by molar-refractivity contribution is -0.851. The Kier molecular flexibility index (Phi) is 4.93. The highest BCUT2D eigenvalue weighted by atomic mass is 16.6. The zero-order valence-corrected chi connectivity index (χ0v) is 13.8. The molecule has 2 aliphatic rings. The van der Waals surface area contributed by atoms with Gasteiger partial charge in [0, 0.05) is 18.2 Å². The quantitative estimate of drug-likeness (QED) is 0.634. The van der Waals surface area contributed by atoms with E-state index in [0.717, 1.165) is 44.5 Å². The monoisotopic (exact) mass is 319 g/mol. The number of likely N-dealkylation sites (N-methyl/N-ethyl adjacent to an activating group) is 1. The number of hydroxylamine groups is 1. The van der Waals surface area contributed by atoms with Crippen LogP contribution < -0.4 is 15.7 Å². The summed E-state index contributed by atoms with van der Waals surface area (Å²) in [7, 11) is 0. The Morgan fingerprint density at radius 2 is 2.00 bits per heavy atom. The van der Waals surface area contributed by atoms with Crippen molar-refractivity contribution in [1.82, 2.24) is 10.3 Å². The second-order valence-electron chi connectivity index (χ2n) is 6.02. The van der Waals surface area contributed by atoms with Crippen LogP contribution in [0.2, 0.25) is 0 Å².